The van der Waals surface area contributed by atoms with Gasteiger partial charge in [0.15, 0.2) is 16.9 Å². The zero-order chi connectivity index (χ0) is 24.9. The SMILES string of the molecule is Nc1nc(/C(=N/OCC(=O)O)C(=O)N[C@@H]2C(=O)N3[C@@H]2[S+]([O-])C[C@@H]2CC(=O)O[C@@]23C(=O)O)c(Cl)s1. The highest BCUT2D eigenvalue weighted by Crippen LogP contribution is 2.48. The van der Waals surface area contributed by atoms with Crippen molar-refractivity contribution in [1.29, 1.82) is 0 Å². The van der Waals surface area contributed by atoms with Crippen molar-refractivity contribution >= 4 is 74.7 Å². The molecule has 3 saturated heterocycles. The maximum Gasteiger partial charge on any atom is 0.371 e. The summed E-state index contributed by atoms with van der Waals surface area (Å²) in [4.78, 5) is 69.5. The van der Waals surface area contributed by atoms with Gasteiger partial charge in [-0.25, -0.2) is 19.5 Å². The van der Waals surface area contributed by atoms with Gasteiger partial charge in [-0.1, -0.05) is 28.1 Å². The Labute approximate surface area is 201 Å². The second kappa shape index (κ2) is 8.57. The van der Waals surface area contributed by atoms with Crippen LogP contribution in [-0.4, -0.2) is 89.6 Å². The number of nitrogens with one attached hydrogen (secondary N) is 1. The van der Waals surface area contributed by atoms with Gasteiger partial charge in [0.1, 0.15) is 15.8 Å². The van der Waals surface area contributed by atoms with Crippen molar-refractivity contribution in [2.75, 3.05) is 18.1 Å². The number of halogens is 1. The Morgan fingerprint density at radius 1 is 1.44 bits per heavy atom. The van der Waals surface area contributed by atoms with E-state index in [-0.39, 0.29) is 27.3 Å². The van der Waals surface area contributed by atoms with Crippen molar-refractivity contribution in [3.63, 3.8) is 0 Å². The van der Waals surface area contributed by atoms with Crippen LogP contribution in [0.3, 0.4) is 0 Å². The van der Waals surface area contributed by atoms with Gasteiger partial charge in [0.2, 0.25) is 12.0 Å². The van der Waals surface area contributed by atoms with Crippen LogP contribution in [-0.2, 0) is 44.7 Å². The van der Waals surface area contributed by atoms with E-state index < -0.39 is 76.3 Å². The minimum Gasteiger partial charge on any atom is -0.615 e. The Bertz CT molecular complexity index is 1140. The van der Waals surface area contributed by atoms with Crippen molar-refractivity contribution in [2.24, 2.45) is 11.1 Å². The Balaban J connectivity index is 1.60. The monoisotopic (exact) mass is 535 g/mol. The van der Waals surface area contributed by atoms with E-state index in [1.807, 2.05) is 0 Å². The molecule has 15 nitrogen and oxygen atoms in total. The number of esters is 1. The molecule has 3 aliphatic rings. The lowest BCUT2D eigenvalue weighted by molar-refractivity contribution is -0.216. The summed E-state index contributed by atoms with van der Waals surface area (Å²) in [5.41, 5.74) is 2.37. The molecule has 4 rings (SSSR count). The molecule has 0 radical (unpaired) electrons. The van der Waals surface area contributed by atoms with E-state index in [1.165, 1.54) is 0 Å². The number of carbonyl (C=O) groups excluding carboxylic acids is 3. The first-order chi connectivity index (χ1) is 16.0. The predicted octanol–water partition coefficient (Wildman–Crippen LogP) is -2.06. The first-order valence-electron chi connectivity index (χ1n) is 9.27. The number of rotatable bonds is 7. The fourth-order valence-corrected chi connectivity index (χ4v) is 6.76. The number of hydrogen-bond donors (Lipinski definition) is 4. The molecule has 3 aliphatic heterocycles. The summed E-state index contributed by atoms with van der Waals surface area (Å²) in [7, 11) is 0. The Morgan fingerprint density at radius 3 is 2.74 bits per heavy atom. The quantitative estimate of drug-likeness (QED) is 0.0969. The number of amides is 2. The summed E-state index contributed by atoms with van der Waals surface area (Å²) in [5, 5.41) is 22.8. The number of thiazole rings is 1. The maximum atomic E-state index is 12.9. The van der Waals surface area contributed by atoms with Crippen molar-refractivity contribution in [1.82, 2.24) is 15.2 Å². The average Bonchev–Trinajstić information content (AvgIpc) is 3.25. The number of nitrogens with zero attached hydrogens (tertiary/aromatic N) is 3. The third-order valence-corrected chi connectivity index (χ3v) is 8.09. The standard InChI is InChI=1S/C16H14ClN5O10S2/c17-10-7(20-15(18)33-10)8(21-31-2-5(23)24)11(26)19-9-12(27)22-13(9)34(30)3-4-1-6(25)32-16(4,22)14(28)29/h4,9,13H,1-3H2,(H2,18,20)(H,19,26)(H,23,24)(H,28,29)/b21-8-/t4-,9+,13+,16+,34?/m0/s1. The highest BCUT2D eigenvalue weighted by Gasteiger charge is 2.76. The number of fused-ring (bicyclic) bond motifs is 3. The highest BCUT2D eigenvalue weighted by atomic mass is 35.5. The average molecular weight is 536 g/mol. The van der Waals surface area contributed by atoms with Crippen LogP contribution in [0.5, 0.6) is 0 Å². The number of aromatic nitrogens is 1. The molecule has 3 fully saturated rings. The van der Waals surface area contributed by atoms with Crippen LogP contribution >= 0.6 is 22.9 Å². The number of hydrogen-bond acceptors (Lipinski definition) is 12. The first kappa shape index (κ1) is 24.0. The van der Waals surface area contributed by atoms with Gasteiger partial charge in [0.05, 0.1) is 12.3 Å². The second-order valence-electron chi connectivity index (χ2n) is 7.26. The van der Waals surface area contributed by atoms with Gasteiger partial charge in [0.25, 0.3) is 17.5 Å². The summed E-state index contributed by atoms with van der Waals surface area (Å²) in [6.45, 7) is -0.912. The van der Waals surface area contributed by atoms with Crippen LogP contribution in [0.25, 0.3) is 0 Å². The fraction of sp³-hybridized carbons (Fsp3) is 0.438. The van der Waals surface area contributed by atoms with Crippen molar-refractivity contribution in [3.05, 3.63) is 10.0 Å². The van der Waals surface area contributed by atoms with Gasteiger partial charge >= 0.3 is 17.9 Å². The number of ether oxygens (including phenoxy) is 1. The van der Waals surface area contributed by atoms with Crippen molar-refractivity contribution < 1.29 is 48.3 Å². The lowest BCUT2D eigenvalue weighted by Gasteiger charge is -2.55. The van der Waals surface area contributed by atoms with E-state index in [1.54, 1.807) is 0 Å². The molecule has 4 heterocycles. The van der Waals surface area contributed by atoms with E-state index in [2.05, 4.69) is 20.3 Å². The minimum atomic E-state index is -2.32. The van der Waals surface area contributed by atoms with Crippen LogP contribution in [0.4, 0.5) is 5.13 Å². The summed E-state index contributed by atoms with van der Waals surface area (Å²) < 4.78 is 17.7. The van der Waals surface area contributed by atoms with Gasteiger partial charge in [-0.3, -0.25) is 14.4 Å². The Kier molecular flexibility index (Phi) is 6.05. The smallest absolute Gasteiger partial charge is 0.371 e. The number of carboxylic acid groups (broad SMARTS) is 2. The van der Waals surface area contributed by atoms with Crippen molar-refractivity contribution in [2.45, 2.75) is 23.6 Å². The lowest BCUT2D eigenvalue weighted by Crippen LogP contribution is -2.84. The van der Waals surface area contributed by atoms with E-state index in [0.29, 0.717) is 4.90 Å². The molecular weight excluding hydrogens is 522 g/mol. The molecule has 2 amide bonds. The highest BCUT2D eigenvalue weighted by molar-refractivity contribution is 7.92. The van der Waals surface area contributed by atoms with Gasteiger partial charge in [-0.15, -0.1) is 0 Å². The molecule has 34 heavy (non-hydrogen) atoms. The van der Waals surface area contributed by atoms with Gasteiger partial charge in [-0.2, -0.15) is 0 Å². The molecule has 0 bridgehead atoms. The van der Waals surface area contributed by atoms with E-state index >= 15 is 0 Å². The van der Waals surface area contributed by atoms with E-state index in [4.69, 9.17) is 27.2 Å². The zero-order valence-corrected chi connectivity index (χ0v) is 19.0. The normalized spacial score (nSPS) is 30.1. The Hall–Kier alpha value is -3.15. The van der Waals surface area contributed by atoms with Crippen LogP contribution < -0.4 is 11.1 Å². The molecule has 1 aromatic heterocycles. The number of nitrogen functional groups attached to an aromatic ring is 1. The first-order valence-corrected chi connectivity index (χ1v) is 11.9. The fourth-order valence-electron chi connectivity index (χ4n) is 3.91. The summed E-state index contributed by atoms with van der Waals surface area (Å²) in [5.74, 6) is -7.19. The summed E-state index contributed by atoms with van der Waals surface area (Å²) in [6.07, 6.45) is -0.326. The zero-order valence-electron chi connectivity index (χ0n) is 16.6. The topological polar surface area (TPSA) is 234 Å². The van der Waals surface area contributed by atoms with Crippen LogP contribution in [0.1, 0.15) is 12.1 Å². The molecule has 5 atom stereocenters. The van der Waals surface area contributed by atoms with E-state index in [9.17, 15) is 33.6 Å². The molecule has 0 spiro atoms. The maximum absolute atomic E-state index is 12.9. The molecule has 1 unspecified atom stereocenters. The second-order valence-corrected chi connectivity index (χ2v) is 10.5. The summed E-state index contributed by atoms with van der Waals surface area (Å²) >= 11 is 4.95. The number of nitrogens with two attached hydrogens (primary N) is 1. The molecule has 1 aromatic rings. The van der Waals surface area contributed by atoms with E-state index in [0.717, 1.165) is 11.3 Å². The molecule has 0 saturated carbocycles. The summed E-state index contributed by atoms with van der Waals surface area (Å²) in [6, 6.07) is -1.47. The predicted molar refractivity (Wildman–Crippen MR) is 112 cm³/mol. The Morgan fingerprint density at radius 2 is 2.15 bits per heavy atom. The molecule has 0 aliphatic carbocycles. The number of β-lactam (4-membered cyclic amide) rings is 1. The van der Waals surface area contributed by atoms with Gasteiger partial charge in [0, 0.05) is 0 Å². The molecular formula is C16H14ClN5O10S2. The van der Waals surface area contributed by atoms with Crippen molar-refractivity contribution in [3.8, 4) is 0 Å². The molecule has 5 N–H and O–H groups in total. The van der Waals surface area contributed by atoms with Gasteiger partial charge < -0.3 is 35.4 Å². The number of carboxylic acids is 2. The van der Waals surface area contributed by atoms with Crippen LogP contribution in [0.2, 0.25) is 4.34 Å². The number of anilines is 1. The van der Waals surface area contributed by atoms with Gasteiger partial charge in [-0.05, 0) is 11.2 Å². The number of oxime groups is 1. The largest absolute Gasteiger partial charge is 0.615 e. The minimum absolute atomic E-state index is 0.0458. The lowest BCUT2D eigenvalue weighted by atomic mass is 9.89. The molecule has 0 aromatic carbocycles. The van der Waals surface area contributed by atoms with Crippen LogP contribution in [0, 0.1) is 5.92 Å². The third kappa shape index (κ3) is 3.69. The molecule has 182 valence electrons. The number of aliphatic carboxylic acids is 2. The number of carbonyl (C=O) groups is 5. The third-order valence-electron chi connectivity index (χ3n) is 5.25. The van der Waals surface area contributed by atoms with Crippen LogP contribution in [0.15, 0.2) is 5.16 Å². The molecule has 18 heteroatoms.